The molecule has 1 unspecified atom stereocenters. The molecule has 2 heterocycles. The number of nitrogens with one attached hydrogen (secondary N) is 4. The fourth-order valence-corrected chi connectivity index (χ4v) is 9.13. The lowest BCUT2D eigenvalue weighted by Crippen LogP contribution is -2.61. The normalized spacial score (nSPS) is 21.6. The Morgan fingerprint density at radius 3 is 2.07 bits per heavy atom. The number of carbonyl (C=O) groups is 6. The van der Waals surface area contributed by atoms with Crippen molar-refractivity contribution in [3.63, 3.8) is 0 Å². The summed E-state index contributed by atoms with van der Waals surface area (Å²) in [6.45, 7) is 3.97. The standard InChI is InChI=1S/C40H54IN7O6/c1-3-13-30(35(49)39(53)44-25(2)26-14-7-4-8-15-26)45-38(52)34-29(41)20-23-48(34)40(54)33(28-18-11-6-12-19-28)47-37(51)32(27-16-9-5-10-17-27)46-36(50)31-24-42-21-22-43-31/h4,7-8,14-15,21-22,24-25,27-30,32-34H,3,5-6,9-13,16-20,23H2,1-2H3,(H,44,53)(H,45,52)(H,46,50)(H,47,51)/t25-,29-,30?,32-,33-,34-/m0/s1. The van der Waals surface area contributed by atoms with Gasteiger partial charge in [-0.25, -0.2) is 4.98 Å². The highest BCUT2D eigenvalue weighted by Gasteiger charge is 2.46. The molecule has 3 fully saturated rings. The summed E-state index contributed by atoms with van der Waals surface area (Å²) in [6.07, 6.45) is 14.5. The van der Waals surface area contributed by atoms with E-state index in [2.05, 4.69) is 53.8 Å². The van der Waals surface area contributed by atoms with E-state index in [1.54, 1.807) is 11.8 Å². The van der Waals surface area contributed by atoms with Gasteiger partial charge in [0.05, 0.1) is 18.3 Å². The van der Waals surface area contributed by atoms with E-state index in [1.807, 2.05) is 37.3 Å². The van der Waals surface area contributed by atoms with Gasteiger partial charge in [-0.05, 0) is 62.8 Å². The monoisotopic (exact) mass is 855 g/mol. The predicted molar refractivity (Wildman–Crippen MR) is 211 cm³/mol. The smallest absolute Gasteiger partial charge is 0.290 e. The van der Waals surface area contributed by atoms with E-state index in [4.69, 9.17) is 0 Å². The molecule has 2 aromatic rings. The topological polar surface area (TPSA) is 180 Å². The van der Waals surface area contributed by atoms with Gasteiger partial charge in [0.1, 0.15) is 23.8 Å². The summed E-state index contributed by atoms with van der Waals surface area (Å²) < 4.78 is -0.250. The number of ketones is 1. The van der Waals surface area contributed by atoms with Gasteiger partial charge in [-0.3, -0.25) is 33.8 Å². The average Bonchev–Trinajstić information content (AvgIpc) is 3.60. The Labute approximate surface area is 331 Å². The molecule has 0 radical (unpaired) electrons. The SMILES string of the molecule is CCCC(NC(=O)[C@@H]1[C@@H](I)CCN1C(=O)[C@@H](NC(=O)[C@@H](NC(=O)c1cnccn1)C1CCCCC1)C1CCCCC1)C(=O)C(=O)N[C@@H](C)c1ccccc1. The van der Waals surface area contributed by atoms with Crippen LogP contribution in [-0.4, -0.2) is 84.8 Å². The predicted octanol–water partition coefficient (Wildman–Crippen LogP) is 4.36. The lowest BCUT2D eigenvalue weighted by molar-refractivity contribution is -0.144. The Balaban J connectivity index is 1.33. The van der Waals surface area contributed by atoms with Gasteiger partial charge in [0, 0.05) is 22.9 Å². The fourth-order valence-electron chi connectivity index (χ4n) is 8.14. The number of likely N-dealkylation sites (tertiary alicyclic amines) is 1. The largest absolute Gasteiger partial charge is 0.344 e. The minimum atomic E-state index is -1.06. The van der Waals surface area contributed by atoms with Crippen LogP contribution < -0.4 is 21.3 Å². The second-order valence-corrected chi connectivity index (χ2v) is 16.5. The molecule has 1 saturated heterocycles. The average molecular weight is 856 g/mol. The maximum atomic E-state index is 14.7. The van der Waals surface area contributed by atoms with Crippen molar-refractivity contribution in [1.29, 1.82) is 0 Å². The van der Waals surface area contributed by atoms with E-state index in [0.717, 1.165) is 69.8 Å². The van der Waals surface area contributed by atoms with E-state index < -0.39 is 59.6 Å². The van der Waals surface area contributed by atoms with E-state index >= 15 is 0 Å². The maximum Gasteiger partial charge on any atom is 0.290 e. The van der Waals surface area contributed by atoms with Crippen molar-refractivity contribution in [3.8, 4) is 0 Å². The highest BCUT2D eigenvalue weighted by atomic mass is 127. The molecule has 1 aromatic carbocycles. The maximum absolute atomic E-state index is 14.7. The van der Waals surface area contributed by atoms with Crippen molar-refractivity contribution in [2.24, 2.45) is 11.8 Å². The van der Waals surface area contributed by atoms with Gasteiger partial charge in [-0.2, -0.15) is 0 Å². The van der Waals surface area contributed by atoms with Crippen LogP contribution in [0.4, 0.5) is 0 Å². The molecule has 292 valence electrons. The van der Waals surface area contributed by atoms with Crippen LogP contribution in [0.25, 0.3) is 0 Å². The molecular weight excluding hydrogens is 801 g/mol. The first-order chi connectivity index (χ1) is 26.1. The molecule has 5 amide bonds. The van der Waals surface area contributed by atoms with Gasteiger partial charge in [0.2, 0.25) is 23.5 Å². The first-order valence-electron chi connectivity index (χ1n) is 19.6. The zero-order chi connectivity index (χ0) is 38.6. The number of benzene rings is 1. The number of hydrogen-bond acceptors (Lipinski definition) is 8. The first-order valence-corrected chi connectivity index (χ1v) is 20.8. The first kappa shape index (κ1) is 41.2. The molecule has 14 heteroatoms. The van der Waals surface area contributed by atoms with Gasteiger partial charge >= 0.3 is 0 Å². The third kappa shape index (κ3) is 10.6. The highest BCUT2D eigenvalue weighted by Crippen LogP contribution is 2.32. The summed E-state index contributed by atoms with van der Waals surface area (Å²) >= 11 is 2.18. The molecule has 4 N–H and O–H groups in total. The third-order valence-electron chi connectivity index (χ3n) is 11.1. The Morgan fingerprint density at radius 1 is 0.815 bits per heavy atom. The second-order valence-electron chi connectivity index (χ2n) is 14.9. The molecule has 6 atom stereocenters. The number of halogens is 1. The summed E-state index contributed by atoms with van der Waals surface area (Å²) in [7, 11) is 0. The second kappa shape index (κ2) is 20.1. The number of nitrogens with zero attached hydrogens (tertiary/aromatic N) is 3. The minimum Gasteiger partial charge on any atom is -0.344 e. The van der Waals surface area contributed by atoms with E-state index in [9.17, 15) is 28.8 Å². The molecule has 0 bridgehead atoms. The van der Waals surface area contributed by atoms with Crippen LogP contribution in [0.1, 0.15) is 119 Å². The lowest BCUT2D eigenvalue weighted by atomic mass is 9.81. The number of rotatable bonds is 15. The quantitative estimate of drug-likeness (QED) is 0.116. The minimum absolute atomic E-state index is 0.105. The van der Waals surface area contributed by atoms with Crippen LogP contribution in [0.2, 0.25) is 0 Å². The van der Waals surface area contributed by atoms with E-state index in [1.165, 1.54) is 18.6 Å². The summed E-state index contributed by atoms with van der Waals surface area (Å²) in [5, 5.41) is 11.6. The Morgan fingerprint density at radius 2 is 1.46 bits per heavy atom. The van der Waals surface area contributed by atoms with Gasteiger partial charge in [0.25, 0.3) is 11.8 Å². The number of hydrogen-bond donors (Lipinski definition) is 4. The Hall–Kier alpha value is -3.95. The van der Waals surface area contributed by atoms with E-state index in [-0.39, 0.29) is 33.8 Å². The fraction of sp³-hybridized carbons (Fsp3) is 0.600. The summed E-state index contributed by atoms with van der Waals surface area (Å²) in [4.78, 5) is 92.5. The van der Waals surface area contributed by atoms with Crippen LogP contribution in [0.15, 0.2) is 48.9 Å². The zero-order valence-corrected chi connectivity index (χ0v) is 33.5. The molecule has 5 rings (SSSR count). The number of amides is 5. The molecule has 3 aliphatic rings. The van der Waals surface area contributed by atoms with Gasteiger partial charge in [0.15, 0.2) is 0 Å². The van der Waals surface area contributed by atoms with Crippen molar-refractivity contribution in [2.75, 3.05) is 6.54 Å². The van der Waals surface area contributed by atoms with Crippen molar-refractivity contribution >= 4 is 57.9 Å². The number of alkyl halides is 1. The van der Waals surface area contributed by atoms with E-state index in [0.29, 0.717) is 19.4 Å². The van der Waals surface area contributed by atoms with Gasteiger partial charge < -0.3 is 26.2 Å². The Bertz CT molecular complexity index is 1600. The molecule has 54 heavy (non-hydrogen) atoms. The Kier molecular flexibility index (Phi) is 15.3. The van der Waals surface area contributed by atoms with Gasteiger partial charge in [-0.15, -0.1) is 0 Å². The number of Topliss-reactive ketones (excluding diaryl/α,β-unsaturated/α-hetero) is 1. The van der Waals surface area contributed by atoms with Crippen molar-refractivity contribution in [1.82, 2.24) is 36.1 Å². The van der Waals surface area contributed by atoms with Crippen molar-refractivity contribution in [2.45, 2.75) is 131 Å². The molecular formula is C40H54IN7O6. The third-order valence-corrected chi connectivity index (χ3v) is 12.4. The highest BCUT2D eigenvalue weighted by molar-refractivity contribution is 14.1. The molecule has 1 aliphatic heterocycles. The molecule has 0 spiro atoms. The van der Waals surface area contributed by atoms with Crippen molar-refractivity contribution in [3.05, 3.63) is 60.2 Å². The van der Waals surface area contributed by atoms with Crippen LogP contribution in [-0.2, 0) is 24.0 Å². The summed E-state index contributed by atoms with van der Waals surface area (Å²) in [5.41, 5.74) is 0.952. The zero-order valence-electron chi connectivity index (χ0n) is 31.3. The lowest BCUT2D eigenvalue weighted by Gasteiger charge is -2.37. The van der Waals surface area contributed by atoms with Crippen LogP contribution in [0.5, 0.6) is 0 Å². The van der Waals surface area contributed by atoms with Crippen LogP contribution >= 0.6 is 22.6 Å². The summed E-state index contributed by atoms with van der Waals surface area (Å²) in [5.74, 6) is -3.53. The van der Waals surface area contributed by atoms with Crippen LogP contribution in [0, 0.1) is 11.8 Å². The number of aromatic nitrogens is 2. The number of carbonyl (C=O) groups excluding carboxylic acids is 6. The molecule has 1 aromatic heterocycles. The molecule has 2 saturated carbocycles. The van der Waals surface area contributed by atoms with Gasteiger partial charge in [-0.1, -0.05) is 105 Å². The molecule has 2 aliphatic carbocycles. The summed E-state index contributed by atoms with van der Waals surface area (Å²) in [6, 6.07) is 5.17. The van der Waals surface area contributed by atoms with Crippen molar-refractivity contribution < 1.29 is 28.8 Å². The molecule has 13 nitrogen and oxygen atoms in total. The van der Waals surface area contributed by atoms with Crippen LogP contribution in [0.3, 0.4) is 0 Å².